The van der Waals surface area contributed by atoms with Gasteiger partial charge >= 0.3 is 5.97 Å². The highest BCUT2D eigenvalue weighted by Crippen LogP contribution is 2.31. The Balaban J connectivity index is 1.54. The lowest BCUT2D eigenvalue weighted by Crippen LogP contribution is -2.21. The van der Waals surface area contributed by atoms with E-state index in [0.29, 0.717) is 16.3 Å². The minimum absolute atomic E-state index is 0.297. The number of fused-ring (bicyclic) bond motifs is 1. The van der Waals surface area contributed by atoms with Crippen molar-refractivity contribution in [3.05, 3.63) is 45.6 Å². The second kappa shape index (κ2) is 8.19. The Morgan fingerprint density at radius 2 is 2.16 bits per heavy atom. The number of hydrogen-bond acceptors (Lipinski definition) is 6. The largest absolute Gasteiger partial charge is 0.451 e. The first-order valence-electron chi connectivity index (χ1n) is 7.84. The highest BCUT2D eigenvalue weighted by Gasteiger charge is 2.20. The molecule has 0 atom stereocenters. The highest BCUT2D eigenvalue weighted by molar-refractivity contribution is 7.99. The average molecular weight is 372 g/mol. The number of anilines is 1. The van der Waals surface area contributed by atoms with E-state index >= 15 is 0 Å². The van der Waals surface area contributed by atoms with Gasteiger partial charge in [0.15, 0.2) is 6.61 Å². The van der Waals surface area contributed by atoms with Gasteiger partial charge in [0.25, 0.3) is 5.91 Å². The number of para-hydroxylation sites is 1. The summed E-state index contributed by atoms with van der Waals surface area (Å²) >= 11 is 2.80. The van der Waals surface area contributed by atoms with Crippen molar-refractivity contribution in [1.29, 1.82) is 5.26 Å². The SMILES string of the molecule is N#CCSc1ccccc1NC(=O)COC(=O)c1cc2c(s1)CCC2. The van der Waals surface area contributed by atoms with Crippen molar-refractivity contribution >= 4 is 40.7 Å². The van der Waals surface area contributed by atoms with Crippen molar-refractivity contribution in [2.45, 2.75) is 24.2 Å². The topological polar surface area (TPSA) is 79.2 Å². The van der Waals surface area contributed by atoms with Crippen LogP contribution in [0.25, 0.3) is 0 Å². The van der Waals surface area contributed by atoms with Crippen LogP contribution in [0.15, 0.2) is 35.2 Å². The van der Waals surface area contributed by atoms with Crippen LogP contribution in [0.5, 0.6) is 0 Å². The first-order chi connectivity index (χ1) is 12.2. The van der Waals surface area contributed by atoms with E-state index in [1.54, 1.807) is 12.1 Å². The maximum absolute atomic E-state index is 12.1. The number of carbonyl (C=O) groups is 2. The van der Waals surface area contributed by atoms with Crippen LogP contribution in [0.1, 0.15) is 26.5 Å². The number of thioether (sulfide) groups is 1. The van der Waals surface area contributed by atoms with Crippen molar-refractivity contribution in [3.8, 4) is 6.07 Å². The van der Waals surface area contributed by atoms with Gasteiger partial charge in [-0.2, -0.15) is 5.26 Å². The quantitative estimate of drug-likeness (QED) is 0.618. The second-order valence-corrected chi connectivity index (χ2v) is 7.63. The molecule has 5 nitrogen and oxygen atoms in total. The van der Waals surface area contributed by atoms with E-state index in [1.807, 2.05) is 18.2 Å². The van der Waals surface area contributed by atoms with Crippen LogP contribution in [-0.4, -0.2) is 24.2 Å². The van der Waals surface area contributed by atoms with E-state index in [4.69, 9.17) is 10.00 Å². The summed E-state index contributed by atoms with van der Waals surface area (Å²) in [5.41, 5.74) is 1.84. The van der Waals surface area contributed by atoms with Crippen molar-refractivity contribution in [3.63, 3.8) is 0 Å². The Morgan fingerprint density at radius 1 is 1.32 bits per heavy atom. The van der Waals surface area contributed by atoms with E-state index < -0.39 is 11.9 Å². The summed E-state index contributed by atoms with van der Waals surface area (Å²) in [4.78, 5) is 26.7. The van der Waals surface area contributed by atoms with Gasteiger partial charge in [0.1, 0.15) is 4.88 Å². The summed E-state index contributed by atoms with van der Waals surface area (Å²) in [6.45, 7) is -0.335. The normalized spacial score (nSPS) is 12.3. The third-order valence-corrected chi connectivity index (χ3v) is 5.89. The number of nitriles is 1. The van der Waals surface area contributed by atoms with Gasteiger partial charge in [-0.25, -0.2) is 4.79 Å². The highest BCUT2D eigenvalue weighted by atomic mass is 32.2. The van der Waals surface area contributed by atoms with Crippen LogP contribution in [-0.2, 0) is 22.4 Å². The van der Waals surface area contributed by atoms with E-state index in [0.717, 1.165) is 24.2 Å². The Bertz CT molecular complexity index is 818. The number of thiophene rings is 1. The summed E-state index contributed by atoms with van der Waals surface area (Å²) in [5, 5.41) is 11.4. The minimum Gasteiger partial charge on any atom is -0.451 e. The van der Waals surface area contributed by atoms with Crippen LogP contribution < -0.4 is 5.32 Å². The third kappa shape index (κ3) is 4.41. The molecule has 0 spiro atoms. The summed E-state index contributed by atoms with van der Waals surface area (Å²) in [7, 11) is 0. The van der Waals surface area contributed by atoms with Gasteiger partial charge in [0.05, 0.1) is 17.5 Å². The number of amides is 1. The van der Waals surface area contributed by atoms with Gasteiger partial charge in [-0.15, -0.1) is 23.1 Å². The number of nitrogens with one attached hydrogen (secondary N) is 1. The zero-order chi connectivity index (χ0) is 17.6. The van der Waals surface area contributed by atoms with Crippen molar-refractivity contribution in [2.75, 3.05) is 17.7 Å². The fourth-order valence-electron chi connectivity index (χ4n) is 2.62. The van der Waals surface area contributed by atoms with E-state index in [-0.39, 0.29) is 6.61 Å². The van der Waals surface area contributed by atoms with Crippen molar-refractivity contribution < 1.29 is 14.3 Å². The first-order valence-corrected chi connectivity index (χ1v) is 9.65. The summed E-state index contributed by atoms with van der Waals surface area (Å²) < 4.78 is 5.12. The number of aryl methyl sites for hydroxylation is 2. The molecule has 0 fully saturated rings. The molecule has 1 heterocycles. The molecule has 1 aromatic heterocycles. The Kier molecular flexibility index (Phi) is 5.74. The maximum Gasteiger partial charge on any atom is 0.348 e. The van der Waals surface area contributed by atoms with Gasteiger partial charge in [0, 0.05) is 9.77 Å². The molecule has 0 aliphatic heterocycles. The monoisotopic (exact) mass is 372 g/mol. The molecule has 0 bridgehead atoms. The molecule has 1 N–H and O–H groups in total. The molecule has 1 amide bonds. The molecule has 7 heteroatoms. The number of nitrogens with zero attached hydrogens (tertiary/aromatic N) is 1. The average Bonchev–Trinajstić information content (AvgIpc) is 3.21. The van der Waals surface area contributed by atoms with Gasteiger partial charge in [-0.05, 0) is 43.0 Å². The number of rotatable bonds is 6. The molecule has 1 aliphatic carbocycles. The molecule has 0 saturated carbocycles. The third-order valence-electron chi connectivity index (χ3n) is 3.74. The lowest BCUT2D eigenvalue weighted by Gasteiger charge is -2.09. The molecular formula is C18H16N2O3S2. The predicted molar refractivity (Wildman–Crippen MR) is 98.0 cm³/mol. The Hall–Kier alpha value is -2.30. The standard InChI is InChI=1S/C18H16N2O3S2/c19-8-9-24-15-6-2-1-5-13(15)20-17(21)11-23-18(22)16-10-12-4-3-7-14(12)25-16/h1-2,5-6,10H,3-4,7,9,11H2,(H,20,21). The number of hydrogen-bond donors (Lipinski definition) is 1. The van der Waals surface area contributed by atoms with Gasteiger partial charge in [0.2, 0.25) is 0 Å². The number of ether oxygens (including phenoxy) is 1. The smallest absolute Gasteiger partial charge is 0.348 e. The molecule has 25 heavy (non-hydrogen) atoms. The molecule has 0 unspecified atom stereocenters. The van der Waals surface area contributed by atoms with Crippen LogP contribution >= 0.6 is 23.1 Å². The molecule has 1 aliphatic rings. The van der Waals surface area contributed by atoms with E-state index in [9.17, 15) is 9.59 Å². The fourth-order valence-corrected chi connectivity index (χ4v) is 4.44. The second-order valence-electron chi connectivity index (χ2n) is 5.48. The van der Waals surface area contributed by atoms with Crippen LogP contribution in [0.4, 0.5) is 5.69 Å². The van der Waals surface area contributed by atoms with E-state index in [2.05, 4.69) is 11.4 Å². The molecule has 3 rings (SSSR count). The maximum atomic E-state index is 12.1. The number of carbonyl (C=O) groups excluding carboxylic acids is 2. The zero-order valence-electron chi connectivity index (χ0n) is 13.4. The molecule has 128 valence electrons. The molecule has 2 aromatic rings. The Labute approximate surface area is 154 Å². The summed E-state index contributed by atoms with van der Waals surface area (Å²) in [5.74, 6) is -0.561. The fraction of sp³-hybridized carbons (Fsp3) is 0.278. The Morgan fingerprint density at radius 3 is 2.96 bits per heavy atom. The van der Waals surface area contributed by atoms with Gasteiger partial charge in [-0.3, -0.25) is 4.79 Å². The zero-order valence-corrected chi connectivity index (χ0v) is 15.0. The van der Waals surface area contributed by atoms with Crippen LogP contribution in [0.3, 0.4) is 0 Å². The molecule has 0 saturated heterocycles. The number of esters is 1. The van der Waals surface area contributed by atoms with Crippen LogP contribution in [0.2, 0.25) is 0 Å². The van der Waals surface area contributed by atoms with E-state index in [1.165, 1.54) is 33.5 Å². The minimum atomic E-state index is -0.457. The molecule has 1 aromatic carbocycles. The van der Waals surface area contributed by atoms with Gasteiger partial charge < -0.3 is 10.1 Å². The van der Waals surface area contributed by atoms with Crippen molar-refractivity contribution in [2.24, 2.45) is 0 Å². The van der Waals surface area contributed by atoms with Crippen LogP contribution in [0, 0.1) is 11.3 Å². The lowest BCUT2D eigenvalue weighted by atomic mass is 10.2. The molecular weight excluding hydrogens is 356 g/mol. The van der Waals surface area contributed by atoms with Gasteiger partial charge in [-0.1, -0.05) is 12.1 Å². The molecule has 0 radical (unpaired) electrons. The first kappa shape index (κ1) is 17.5. The summed E-state index contributed by atoms with van der Waals surface area (Å²) in [6, 6.07) is 11.1. The predicted octanol–water partition coefficient (Wildman–Crippen LogP) is 3.65. The number of benzene rings is 1. The lowest BCUT2D eigenvalue weighted by molar-refractivity contribution is -0.119. The summed E-state index contributed by atoms with van der Waals surface area (Å²) in [6.07, 6.45) is 3.17. The van der Waals surface area contributed by atoms with Crippen molar-refractivity contribution in [1.82, 2.24) is 0 Å².